The first kappa shape index (κ1) is 18.5. The second-order valence-corrected chi connectivity index (χ2v) is 4.86. The van der Waals surface area contributed by atoms with E-state index in [1.165, 1.54) is 7.11 Å². The van der Waals surface area contributed by atoms with Crippen molar-refractivity contribution < 1.29 is 9.53 Å². The van der Waals surface area contributed by atoms with E-state index in [-0.39, 0.29) is 30.9 Å². The third kappa shape index (κ3) is 3.11. The molecule has 0 unspecified atom stereocenters. The summed E-state index contributed by atoms with van der Waals surface area (Å²) in [6.07, 6.45) is 0.511. The Morgan fingerprint density at radius 3 is 2.77 bits per heavy atom. The van der Waals surface area contributed by atoms with E-state index in [4.69, 9.17) is 9.72 Å². The molecule has 0 saturated heterocycles. The van der Waals surface area contributed by atoms with Crippen LogP contribution in [0.4, 0.5) is 10.5 Å². The molecule has 2 aromatic rings. The number of anilines is 1. The van der Waals surface area contributed by atoms with Crippen LogP contribution in [0.2, 0.25) is 0 Å². The molecule has 7 heteroatoms. The smallest absolute Gasteiger partial charge is 0.413 e. The summed E-state index contributed by atoms with van der Waals surface area (Å²) in [6.45, 7) is 1.64. The molecule has 1 aliphatic rings. The molecular weight excluding hydrogens is 325 g/mol. The molecule has 0 aliphatic carbocycles. The molecule has 1 aromatic carbocycles. The van der Waals surface area contributed by atoms with Gasteiger partial charge in [-0.25, -0.2) is 4.79 Å². The van der Waals surface area contributed by atoms with Gasteiger partial charge in [-0.05, 0) is 6.07 Å². The summed E-state index contributed by atoms with van der Waals surface area (Å²) < 4.78 is 4.85. The highest BCUT2D eigenvalue weighted by Gasteiger charge is 2.23. The Labute approximate surface area is 141 Å². The number of aromatic nitrogens is 1. The maximum atomic E-state index is 11.9. The van der Waals surface area contributed by atoms with Gasteiger partial charge in [0.25, 0.3) is 0 Å². The number of ether oxygens (including phenoxy) is 1. The van der Waals surface area contributed by atoms with Gasteiger partial charge in [0.2, 0.25) is 0 Å². The van der Waals surface area contributed by atoms with Gasteiger partial charge in [-0.3, -0.25) is 9.88 Å². The molecule has 0 fully saturated rings. The van der Waals surface area contributed by atoms with E-state index in [2.05, 4.69) is 5.32 Å². The zero-order valence-corrected chi connectivity index (χ0v) is 14.1. The molecule has 5 nitrogen and oxygen atoms in total. The maximum Gasteiger partial charge on any atom is 0.413 e. The molecule has 1 N–H and O–H groups in total. The summed E-state index contributed by atoms with van der Waals surface area (Å²) in [5.74, 6) is 0. The lowest BCUT2D eigenvalue weighted by Gasteiger charge is -2.26. The SMILES string of the molecule is COC(=O)N(C)c1c2c(nc3ccccc13)CCNC2.Cl.Cl. The minimum atomic E-state index is -0.367. The van der Waals surface area contributed by atoms with Gasteiger partial charge >= 0.3 is 6.09 Å². The van der Waals surface area contributed by atoms with E-state index in [0.717, 1.165) is 47.4 Å². The lowest BCUT2D eigenvalue weighted by atomic mass is 10.0. The standard InChI is InChI=1S/C15H17N3O2.2ClH/c1-18(15(19)20-2)14-10-5-3-4-6-12(10)17-13-7-8-16-9-11(13)14;;/h3-6,16H,7-9H2,1-2H3;2*1H. The molecule has 2 heterocycles. The number of benzene rings is 1. The van der Waals surface area contributed by atoms with Crippen LogP contribution in [0.15, 0.2) is 24.3 Å². The van der Waals surface area contributed by atoms with Gasteiger partial charge in [0.05, 0.1) is 18.3 Å². The quantitative estimate of drug-likeness (QED) is 0.864. The van der Waals surface area contributed by atoms with Gasteiger partial charge in [-0.2, -0.15) is 0 Å². The molecule has 0 bridgehead atoms. The third-order valence-corrected chi connectivity index (χ3v) is 3.67. The number of nitrogens with one attached hydrogen (secondary N) is 1. The number of amides is 1. The summed E-state index contributed by atoms with van der Waals surface area (Å²) in [7, 11) is 3.13. The molecule has 0 spiro atoms. The topological polar surface area (TPSA) is 54.5 Å². The zero-order valence-electron chi connectivity index (χ0n) is 12.5. The largest absolute Gasteiger partial charge is 0.452 e. The fourth-order valence-corrected chi connectivity index (χ4v) is 2.71. The van der Waals surface area contributed by atoms with Gasteiger partial charge in [-0.15, -0.1) is 24.8 Å². The van der Waals surface area contributed by atoms with E-state index in [1.807, 2.05) is 24.3 Å². The first-order chi connectivity index (χ1) is 9.72. The van der Waals surface area contributed by atoms with Gasteiger partial charge in [0.1, 0.15) is 0 Å². The van der Waals surface area contributed by atoms with E-state index < -0.39 is 0 Å². The van der Waals surface area contributed by atoms with Gasteiger partial charge in [-0.1, -0.05) is 18.2 Å². The lowest BCUT2D eigenvalue weighted by molar-refractivity contribution is 0.180. The van der Waals surface area contributed by atoms with Crippen LogP contribution in [0.5, 0.6) is 0 Å². The van der Waals surface area contributed by atoms with Crippen molar-refractivity contribution >= 4 is 47.5 Å². The Kier molecular flexibility index (Phi) is 6.41. The Morgan fingerprint density at radius 2 is 2.05 bits per heavy atom. The summed E-state index contributed by atoms with van der Waals surface area (Å²) >= 11 is 0. The lowest BCUT2D eigenvalue weighted by Crippen LogP contribution is -2.31. The summed E-state index contributed by atoms with van der Waals surface area (Å²) in [6, 6.07) is 7.89. The number of nitrogens with zero attached hydrogens (tertiary/aromatic N) is 2. The number of methoxy groups -OCH3 is 1. The molecule has 22 heavy (non-hydrogen) atoms. The molecule has 3 rings (SSSR count). The van der Waals surface area contributed by atoms with E-state index in [9.17, 15) is 4.79 Å². The molecule has 1 aliphatic heterocycles. The number of carbonyl (C=O) groups excluding carboxylic acids is 1. The van der Waals surface area contributed by atoms with Crippen LogP contribution in [0, 0.1) is 0 Å². The number of para-hydroxylation sites is 1. The van der Waals surface area contributed by atoms with E-state index in [1.54, 1.807) is 11.9 Å². The highest BCUT2D eigenvalue weighted by Crippen LogP contribution is 2.33. The number of pyridine rings is 1. The minimum absolute atomic E-state index is 0. The first-order valence-corrected chi connectivity index (χ1v) is 6.65. The van der Waals surface area contributed by atoms with Crippen molar-refractivity contribution in [3.8, 4) is 0 Å². The van der Waals surface area contributed by atoms with Crippen LogP contribution in [0.1, 0.15) is 11.3 Å². The Morgan fingerprint density at radius 1 is 1.32 bits per heavy atom. The number of hydrogen-bond acceptors (Lipinski definition) is 4. The predicted molar refractivity (Wildman–Crippen MR) is 92.5 cm³/mol. The molecule has 0 radical (unpaired) electrons. The average Bonchev–Trinajstić information content (AvgIpc) is 2.51. The van der Waals surface area contributed by atoms with Crippen LogP contribution in [-0.4, -0.2) is 31.8 Å². The predicted octanol–water partition coefficient (Wildman–Crippen LogP) is 2.93. The fourth-order valence-electron chi connectivity index (χ4n) is 2.71. The van der Waals surface area contributed by atoms with Gasteiger partial charge < -0.3 is 10.1 Å². The van der Waals surface area contributed by atoms with Crippen LogP contribution in [0.3, 0.4) is 0 Å². The number of rotatable bonds is 1. The summed E-state index contributed by atoms with van der Waals surface area (Å²) in [5.41, 5.74) is 3.96. The second-order valence-electron chi connectivity index (χ2n) is 4.86. The molecule has 1 aromatic heterocycles. The van der Waals surface area contributed by atoms with Crippen molar-refractivity contribution in [1.82, 2.24) is 10.3 Å². The third-order valence-electron chi connectivity index (χ3n) is 3.67. The normalized spacial score (nSPS) is 12.6. The molecule has 1 amide bonds. The van der Waals surface area contributed by atoms with Crippen molar-refractivity contribution in [3.05, 3.63) is 35.5 Å². The minimum Gasteiger partial charge on any atom is -0.452 e. The Hall–Kier alpha value is -1.56. The number of hydrogen-bond donors (Lipinski definition) is 1. The van der Waals surface area contributed by atoms with Crippen molar-refractivity contribution in [3.63, 3.8) is 0 Å². The molecular formula is C15H19Cl2N3O2. The van der Waals surface area contributed by atoms with E-state index in [0.29, 0.717) is 0 Å². The van der Waals surface area contributed by atoms with Gasteiger partial charge in [0, 0.05) is 43.2 Å². The highest BCUT2D eigenvalue weighted by molar-refractivity contribution is 6.01. The maximum absolute atomic E-state index is 11.9. The second kappa shape index (κ2) is 7.63. The monoisotopic (exact) mass is 343 g/mol. The molecule has 0 saturated carbocycles. The van der Waals surface area contributed by atoms with Crippen molar-refractivity contribution in [2.75, 3.05) is 25.6 Å². The number of halogens is 2. The fraction of sp³-hybridized carbons (Fsp3) is 0.333. The zero-order chi connectivity index (χ0) is 14.1. The highest BCUT2D eigenvalue weighted by atomic mass is 35.5. The molecule has 120 valence electrons. The van der Waals surface area contributed by atoms with Crippen LogP contribution >= 0.6 is 24.8 Å². The van der Waals surface area contributed by atoms with Crippen molar-refractivity contribution in [1.29, 1.82) is 0 Å². The molecule has 0 atom stereocenters. The average molecular weight is 344 g/mol. The summed E-state index contributed by atoms with van der Waals surface area (Å²) in [5, 5.41) is 4.31. The summed E-state index contributed by atoms with van der Waals surface area (Å²) in [4.78, 5) is 18.2. The van der Waals surface area contributed by atoms with Crippen LogP contribution in [-0.2, 0) is 17.7 Å². The van der Waals surface area contributed by atoms with Gasteiger partial charge in [0.15, 0.2) is 0 Å². The Balaban J connectivity index is 0.00000121. The van der Waals surface area contributed by atoms with Crippen molar-refractivity contribution in [2.24, 2.45) is 0 Å². The number of fused-ring (bicyclic) bond motifs is 2. The number of carbonyl (C=O) groups is 1. The van der Waals surface area contributed by atoms with Crippen LogP contribution in [0.25, 0.3) is 10.9 Å². The van der Waals surface area contributed by atoms with Crippen LogP contribution < -0.4 is 10.2 Å². The van der Waals surface area contributed by atoms with E-state index >= 15 is 0 Å². The Bertz CT molecular complexity index is 679. The first-order valence-electron chi connectivity index (χ1n) is 6.65. The van der Waals surface area contributed by atoms with Crippen molar-refractivity contribution in [2.45, 2.75) is 13.0 Å².